The summed E-state index contributed by atoms with van der Waals surface area (Å²) in [5.41, 5.74) is 0.0544. The number of guanidine groups is 1. The van der Waals surface area contributed by atoms with Crippen LogP contribution in [0.4, 0.5) is 0 Å². The van der Waals surface area contributed by atoms with Crippen molar-refractivity contribution in [1.29, 1.82) is 0 Å². The molecule has 0 saturated carbocycles. The second-order valence-electron chi connectivity index (χ2n) is 8.27. The van der Waals surface area contributed by atoms with Crippen LogP contribution in [0.25, 0.3) is 0 Å². The highest BCUT2D eigenvalue weighted by Crippen LogP contribution is 2.17. The topological polar surface area (TPSA) is 61.4 Å². The second-order valence-corrected chi connectivity index (χ2v) is 8.27. The molecule has 2 N–H and O–H groups in total. The highest BCUT2D eigenvalue weighted by Gasteiger charge is 2.28. The summed E-state index contributed by atoms with van der Waals surface area (Å²) in [6.07, 6.45) is 2.49. The number of ether oxygens (including phenoxy) is 2. The molecule has 2 aliphatic rings. The minimum Gasteiger partial charge on any atom is -0.383 e. The van der Waals surface area contributed by atoms with Crippen LogP contribution in [0, 0.1) is 5.92 Å². The van der Waals surface area contributed by atoms with E-state index in [1.165, 1.54) is 25.9 Å². The third kappa shape index (κ3) is 9.11. The van der Waals surface area contributed by atoms with Crippen LogP contribution >= 0.6 is 24.0 Å². The summed E-state index contributed by atoms with van der Waals surface area (Å²) in [5, 5.41) is 6.98. The van der Waals surface area contributed by atoms with Crippen LogP contribution in [0.1, 0.15) is 33.6 Å². The number of nitrogens with one attached hydrogen (secondary N) is 2. The molecule has 7 nitrogen and oxygen atoms in total. The smallest absolute Gasteiger partial charge is 0.191 e. The number of nitrogens with zero attached hydrogens (tertiary/aromatic N) is 3. The molecule has 2 heterocycles. The van der Waals surface area contributed by atoms with E-state index in [-0.39, 0.29) is 29.5 Å². The maximum absolute atomic E-state index is 5.48. The first-order chi connectivity index (χ1) is 13.0. The molecule has 0 amide bonds. The number of rotatable bonds is 9. The highest BCUT2D eigenvalue weighted by molar-refractivity contribution is 14.0. The molecule has 0 radical (unpaired) electrons. The van der Waals surface area contributed by atoms with Crippen molar-refractivity contribution >= 4 is 29.9 Å². The van der Waals surface area contributed by atoms with Gasteiger partial charge in [-0.3, -0.25) is 9.89 Å². The van der Waals surface area contributed by atoms with E-state index in [1.54, 1.807) is 7.11 Å². The monoisotopic (exact) mass is 511 g/mol. The van der Waals surface area contributed by atoms with E-state index in [1.807, 2.05) is 0 Å². The quantitative estimate of drug-likeness (QED) is 0.279. The zero-order chi connectivity index (χ0) is 19.5. The summed E-state index contributed by atoms with van der Waals surface area (Å²) in [7, 11) is 1.78. The Morgan fingerprint density at radius 1 is 1.14 bits per heavy atom. The van der Waals surface area contributed by atoms with Crippen LogP contribution < -0.4 is 10.6 Å². The minimum atomic E-state index is 0. The maximum Gasteiger partial charge on any atom is 0.191 e. The summed E-state index contributed by atoms with van der Waals surface area (Å²) in [6.45, 7) is 17.2. The largest absolute Gasteiger partial charge is 0.383 e. The van der Waals surface area contributed by atoms with Crippen molar-refractivity contribution in [3.8, 4) is 0 Å². The number of piperidine rings is 1. The summed E-state index contributed by atoms with van der Waals surface area (Å²) in [4.78, 5) is 9.87. The molecule has 2 rings (SSSR count). The van der Waals surface area contributed by atoms with Gasteiger partial charge in [-0.15, -0.1) is 24.0 Å². The number of aliphatic imine (C=N–C) groups is 1. The normalized spacial score (nSPS) is 20.6. The lowest BCUT2D eigenvalue weighted by molar-refractivity contribution is -0.00684. The Labute approximate surface area is 189 Å². The Morgan fingerprint density at radius 3 is 2.43 bits per heavy atom. The lowest BCUT2D eigenvalue weighted by Crippen LogP contribution is -2.52. The van der Waals surface area contributed by atoms with E-state index in [0.717, 1.165) is 71.0 Å². The van der Waals surface area contributed by atoms with Gasteiger partial charge in [0.25, 0.3) is 0 Å². The summed E-state index contributed by atoms with van der Waals surface area (Å²) in [5.74, 6) is 1.67. The van der Waals surface area contributed by atoms with Crippen molar-refractivity contribution in [2.24, 2.45) is 10.9 Å². The number of methoxy groups -OCH3 is 1. The van der Waals surface area contributed by atoms with Crippen LogP contribution in [-0.4, -0.2) is 101 Å². The van der Waals surface area contributed by atoms with E-state index in [0.29, 0.717) is 0 Å². The van der Waals surface area contributed by atoms with Crippen molar-refractivity contribution in [3.63, 3.8) is 0 Å². The van der Waals surface area contributed by atoms with Crippen LogP contribution in [0.5, 0.6) is 0 Å². The number of halogens is 1. The standard InChI is InChI=1S/C20H41N5O2.HI/c1-5-21-19(23-17-20(2,3)25-11-14-27-15-12-25)22-16-18-6-8-24(9-7-18)10-13-26-4;/h18H,5-17H2,1-4H3,(H2,21,22,23);1H. The van der Waals surface area contributed by atoms with E-state index >= 15 is 0 Å². The maximum atomic E-state index is 5.48. The van der Waals surface area contributed by atoms with Gasteiger partial charge < -0.3 is 25.0 Å². The van der Waals surface area contributed by atoms with Crippen LogP contribution in [-0.2, 0) is 9.47 Å². The van der Waals surface area contributed by atoms with Crippen molar-refractivity contribution in [2.45, 2.75) is 39.2 Å². The summed E-state index contributed by atoms with van der Waals surface area (Å²) < 4.78 is 10.7. The number of hydrogen-bond donors (Lipinski definition) is 2. The highest BCUT2D eigenvalue weighted by atomic mass is 127. The van der Waals surface area contributed by atoms with Gasteiger partial charge >= 0.3 is 0 Å². The minimum absolute atomic E-state index is 0. The van der Waals surface area contributed by atoms with Gasteiger partial charge in [-0.05, 0) is 52.6 Å². The molecule has 0 unspecified atom stereocenters. The Bertz CT molecular complexity index is 436. The van der Waals surface area contributed by atoms with Crippen LogP contribution in [0.15, 0.2) is 4.99 Å². The lowest BCUT2D eigenvalue weighted by Gasteiger charge is -2.40. The fraction of sp³-hybridized carbons (Fsp3) is 0.950. The molecule has 2 fully saturated rings. The summed E-state index contributed by atoms with van der Waals surface area (Å²) in [6, 6.07) is 0. The fourth-order valence-corrected chi connectivity index (χ4v) is 3.76. The number of hydrogen-bond acceptors (Lipinski definition) is 5. The Morgan fingerprint density at radius 2 is 1.82 bits per heavy atom. The number of likely N-dealkylation sites (tertiary alicyclic amines) is 1. The Balaban J connectivity index is 0.00000392. The van der Waals surface area contributed by atoms with E-state index in [2.05, 4.69) is 41.2 Å². The molecule has 2 saturated heterocycles. The first kappa shape index (κ1) is 25.9. The first-order valence-electron chi connectivity index (χ1n) is 10.6. The Kier molecular flexibility index (Phi) is 12.9. The van der Waals surface area contributed by atoms with E-state index in [9.17, 15) is 0 Å². The lowest BCUT2D eigenvalue weighted by atomic mass is 9.97. The van der Waals surface area contributed by atoms with Gasteiger partial charge in [-0.2, -0.15) is 0 Å². The predicted molar refractivity (Wildman–Crippen MR) is 127 cm³/mol. The van der Waals surface area contributed by atoms with Gasteiger partial charge in [0.15, 0.2) is 5.96 Å². The molecule has 0 spiro atoms. The molecule has 2 aliphatic heterocycles. The molecule has 0 aromatic carbocycles. The third-order valence-corrected chi connectivity index (χ3v) is 5.71. The van der Waals surface area contributed by atoms with Gasteiger partial charge in [-0.1, -0.05) is 0 Å². The molecule has 0 aromatic rings. The van der Waals surface area contributed by atoms with Crippen LogP contribution in [0.3, 0.4) is 0 Å². The average Bonchev–Trinajstić information content (AvgIpc) is 2.70. The fourth-order valence-electron chi connectivity index (χ4n) is 3.76. The molecule has 0 aromatic heterocycles. The summed E-state index contributed by atoms with van der Waals surface area (Å²) >= 11 is 0. The molecular formula is C20H42IN5O2. The molecule has 0 bridgehead atoms. The molecule has 0 aliphatic carbocycles. The third-order valence-electron chi connectivity index (χ3n) is 5.71. The van der Waals surface area contributed by atoms with Gasteiger partial charge in [0.2, 0.25) is 0 Å². The van der Waals surface area contributed by atoms with E-state index in [4.69, 9.17) is 14.5 Å². The number of morpholine rings is 1. The first-order valence-corrected chi connectivity index (χ1v) is 10.6. The molecular weight excluding hydrogens is 469 g/mol. The van der Waals surface area contributed by atoms with Gasteiger partial charge in [0.05, 0.1) is 26.4 Å². The van der Waals surface area contributed by atoms with Crippen molar-refractivity contribution in [3.05, 3.63) is 0 Å². The van der Waals surface area contributed by atoms with Crippen LogP contribution in [0.2, 0.25) is 0 Å². The second kappa shape index (κ2) is 14.0. The zero-order valence-electron chi connectivity index (χ0n) is 18.3. The Hall–Kier alpha value is -0.160. The predicted octanol–water partition coefficient (Wildman–Crippen LogP) is 1.63. The zero-order valence-corrected chi connectivity index (χ0v) is 20.7. The molecule has 166 valence electrons. The van der Waals surface area contributed by atoms with Gasteiger partial charge in [-0.25, -0.2) is 0 Å². The molecule has 8 heteroatoms. The molecule has 28 heavy (non-hydrogen) atoms. The van der Waals surface area contributed by atoms with E-state index < -0.39 is 0 Å². The average molecular weight is 511 g/mol. The van der Waals surface area contributed by atoms with Crippen molar-refractivity contribution in [2.75, 3.05) is 79.3 Å². The molecule has 0 atom stereocenters. The van der Waals surface area contributed by atoms with Crippen molar-refractivity contribution in [1.82, 2.24) is 20.4 Å². The van der Waals surface area contributed by atoms with Gasteiger partial charge in [0, 0.05) is 45.4 Å². The SMILES string of the molecule is CCNC(=NCC(C)(C)N1CCOCC1)NCC1CCN(CCOC)CC1.I. The van der Waals surface area contributed by atoms with Crippen molar-refractivity contribution < 1.29 is 9.47 Å². The van der Waals surface area contributed by atoms with Gasteiger partial charge in [0.1, 0.15) is 0 Å².